The number of nitrogens with zero attached hydrogens (tertiary/aromatic N) is 2. The molecule has 0 aromatic heterocycles. The summed E-state index contributed by atoms with van der Waals surface area (Å²) in [6.45, 7) is 4.16. The van der Waals surface area contributed by atoms with Gasteiger partial charge in [-0.2, -0.15) is 0 Å². The number of anilines is 1. The number of benzene rings is 2. The highest BCUT2D eigenvalue weighted by molar-refractivity contribution is 7.92. The summed E-state index contributed by atoms with van der Waals surface area (Å²) in [5.74, 6) is -0.704. The molecule has 2 amide bonds. The molecule has 0 spiro atoms. The van der Waals surface area contributed by atoms with Gasteiger partial charge in [-0.15, -0.1) is 0 Å². The molecular weight excluding hydrogens is 462 g/mol. The van der Waals surface area contributed by atoms with Gasteiger partial charge in [0.05, 0.1) is 11.9 Å². The summed E-state index contributed by atoms with van der Waals surface area (Å²) in [5.41, 5.74) is 1.18. The van der Waals surface area contributed by atoms with Crippen LogP contribution in [-0.4, -0.2) is 50.5 Å². The van der Waals surface area contributed by atoms with Crippen molar-refractivity contribution in [3.63, 3.8) is 0 Å². The zero-order chi connectivity index (χ0) is 24.4. The highest BCUT2D eigenvalue weighted by atomic mass is 35.5. The molecule has 2 rings (SSSR count). The van der Waals surface area contributed by atoms with Gasteiger partial charge in [0, 0.05) is 18.1 Å². The van der Waals surface area contributed by atoms with Gasteiger partial charge in [0.15, 0.2) is 0 Å². The molecule has 0 saturated carbocycles. The van der Waals surface area contributed by atoms with E-state index in [2.05, 4.69) is 5.32 Å². The number of halogens is 1. The Morgan fingerprint density at radius 3 is 2.21 bits per heavy atom. The van der Waals surface area contributed by atoms with Gasteiger partial charge < -0.3 is 10.2 Å². The lowest BCUT2D eigenvalue weighted by Gasteiger charge is -2.33. The molecule has 1 N–H and O–H groups in total. The molecular formula is C24H32ClN3O4S. The predicted molar refractivity (Wildman–Crippen MR) is 133 cm³/mol. The van der Waals surface area contributed by atoms with E-state index in [0.29, 0.717) is 23.7 Å². The van der Waals surface area contributed by atoms with Gasteiger partial charge in [-0.25, -0.2) is 8.42 Å². The van der Waals surface area contributed by atoms with Crippen LogP contribution in [0.2, 0.25) is 5.02 Å². The molecule has 0 unspecified atom stereocenters. The van der Waals surface area contributed by atoms with E-state index in [0.717, 1.165) is 29.0 Å². The van der Waals surface area contributed by atoms with Crippen LogP contribution in [0.1, 0.15) is 38.7 Å². The molecule has 7 nitrogen and oxygen atoms in total. The minimum atomic E-state index is -3.76. The normalized spacial score (nSPS) is 12.1. The summed E-state index contributed by atoms with van der Waals surface area (Å²) in [6.07, 6.45) is 3.23. The molecule has 0 aliphatic rings. The Morgan fingerprint density at radius 1 is 1.03 bits per heavy atom. The lowest BCUT2D eigenvalue weighted by Crippen LogP contribution is -2.52. The summed E-state index contributed by atoms with van der Waals surface area (Å²) >= 11 is 5.94. The molecule has 0 fully saturated rings. The smallest absolute Gasteiger partial charge is 0.244 e. The molecule has 9 heteroatoms. The van der Waals surface area contributed by atoms with Gasteiger partial charge in [-0.1, -0.05) is 62.2 Å². The molecule has 0 saturated heterocycles. The number of nitrogens with one attached hydrogen (secondary N) is 1. The SMILES string of the molecule is CCCCNC(=O)[C@@H](CC)N(Cc1ccccc1)C(=O)CN(c1ccc(Cl)cc1)S(C)(=O)=O. The fraction of sp³-hybridized carbons (Fsp3) is 0.417. The summed E-state index contributed by atoms with van der Waals surface area (Å²) in [7, 11) is -3.76. The minimum absolute atomic E-state index is 0.192. The first-order valence-electron chi connectivity index (χ1n) is 11.0. The van der Waals surface area contributed by atoms with Crippen LogP contribution in [0, 0.1) is 0 Å². The van der Waals surface area contributed by atoms with Crippen molar-refractivity contribution in [3.05, 3.63) is 65.2 Å². The average molecular weight is 494 g/mol. The quantitative estimate of drug-likeness (QED) is 0.455. The Balaban J connectivity index is 2.35. The van der Waals surface area contributed by atoms with Gasteiger partial charge in [0.1, 0.15) is 12.6 Å². The van der Waals surface area contributed by atoms with Crippen molar-refractivity contribution in [1.29, 1.82) is 0 Å². The predicted octanol–water partition coefficient (Wildman–Crippen LogP) is 3.83. The van der Waals surface area contributed by atoms with Crippen molar-refractivity contribution >= 4 is 39.1 Å². The molecule has 0 aliphatic heterocycles. The highest BCUT2D eigenvalue weighted by Gasteiger charge is 2.31. The number of unbranched alkanes of at least 4 members (excludes halogenated alkanes) is 1. The summed E-state index contributed by atoms with van der Waals surface area (Å²) < 4.78 is 26.1. The second-order valence-electron chi connectivity index (χ2n) is 7.82. The Labute approximate surface area is 201 Å². The zero-order valence-electron chi connectivity index (χ0n) is 19.3. The molecule has 2 aromatic rings. The first kappa shape index (κ1) is 26.7. The monoisotopic (exact) mass is 493 g/mol. The van der Waals surface area contributed by atoms with Gasteiger partial charge >= 0.3 is 0 Å². The highest BCUT2D eigenvalue weighted by Crippen LogP contribution is 2.21. The maximum Gasteiger partial charge on any atom is 0.244 e. The molecule has 0 bridgehead atoms. The van der Waals surface area contributed by atoms with E-state index >= 15 is 0 Å². The molecule has 1 atom stereocenters. The standard InChI is InChI=1S/C24H32ClN3O4S/c1-4-6-16-26-24(30)22(5-2)27(17-19-10-8-7-9-11-19)23(29)18-28(33(3,31)32)21-14-12-20(25)13-15-21/h7-15,22H,4-6,16-18H2,1-3H3,(H,26,30)/t22-/m1/s1. The van der Waals surface area contributed by atoms with Crippen LogP contribution in [0.5, 0.6) is 0 Å². The summed E-state index contributed by atoms with van der Waals surface area (Å²) in [5, 5.41) is 3.36. The van der Waals surface area contributed by atoms with Crippen molar-refractivity contribution in [3.8, 4) is 0 Å². The largest absolute Gasteiger partial charge is 0.354 e. The Morgan fingerprint density at radius 2 is 1.67 bits per heavy atom. The zero-order valence-corrected chi connectivity index (χ0v) is 20.9. The van der Waals surface area contributed by atoms with Crippen LogP contribution < -0.4 is 9.62 Å². The topological polar surface area (TPSA) is 86.8 Å². The fourth-order valence-corrected chi connectivity index (χ4v) is 4.40. The minimum Gasteiger partial charge on any atom is -0.354 e. The van der Waals surface area contributed by atoms with E-state index in [1.807, 2.05) is 44.2 Å². The first-order valence-corrected chi connectivity index (χ1v) is 13.2. The number of rotatable bonds is 12. The van der Waals surface area contributed by atoms with Crippen LogP contribution in [0.15, 0.2) is 54.6 Å². The molecule has 33 heavy (non-hydrogen) atoms. The molecule has 0 radical (unpaired) electrons. The van der Waals surface area contributed by atoms with Gasteiger partial charge in [-0.05, 0) is 42.7 Å². The number of carbonyl (C=O) groups excluding carboxylic acids is 2. The molecule has 2 aromatic carbocycles. The van der Waals surface area contributed by atoms with Crippen molar-refractivity contribution < 1.29 is 18.0 Å². The Bertz CT molecular complexity index is 1010. The fourth-order valence-electron chi connectivity index (χ4n) is 3.43. The third-order valence-electron chi connectivity index (χ3n) is 5.21. The molecule has 180 valence electrons. The Kier molecular flexibility index (Phi) is 10.2. The van der Waals surface area contributed by atoms with Crippen molar-refractivity contribution in [2.24, 2.45) is 0 Å². The van der Waals surface area contributed by atoms with Gasteiger partial charge in [-0.3, -0.25) is 13.9 Å². The number of hydrogen-bond donors (Lipinski definition) is 1. The van der Waals surface area contributed by atoms with E-state index in [4.69, 9.17) is 11.6 Å². The van der Waals surface area contributed by atoms with E-state index in [9.17, 15) is 18.0 Å². The van der Waals surface area contributed by atoms with E-state index in [1.165, 1.54) is 4.90 Å². The third-order valence-corrected chi connectivity index (χ3v) is 6.60. The van der Waals surface area contributed by atoms with Gasteiger partial charge in [0.2, 0.25) is 21.8 Å². The van der Waals surface area contributed by atoms with Crippen molar-refractivity contribution in [2.75, 3.05) is 23.7 Å². The van der Waals surface area contributed by atoms with E-state index in [-0.39, 0.29) is 12.5 Å². The maximum absolute atomic E-state index is 13.5. The second kappa shape index (κ2) is 12.6. The van der Waals surface area contributed by atoms with Crippen LogP contribution in [0.3, 0.4) is 0 Å². The maximum atomic E-state index is 13.5. The van der Waals surface area contributed by atoms with Crippen LogP contribution >= 0.6 is 11.6 Å². The van der Waals surface area contributed by atoms with Crippen LogP contribution in [-0.2, 0) is 26.2 Å². The van der Waals surface area contributed by atoms with Crippen molar-refractivity contribution in [1.82, 2.24) is 10.2 Å². The number of sulfonamides is 1. The molecule has 0 heterocycles. The number of amides is 2. The average Bonchev–Trinajstić information content (AvgIpc) is 2.78. The van der Waals surface area contributed by atoms with Crippen LogP contribution in [0.25, 0.3) is 0 Å². The number of carbonyl (C=O) groups is 2. The van der Waals surface area contributed by atoms with Gasteiger partial charge in [0.25, 0.3) is 0 Å². The summed E-state index contributed by atoms with van der Waals surface area (Å²) in [4.78, 5) is 27.9. The number of hydrogen-bond acceptors (Lipinski definition) is 4. The lowest BCUT2D eigenvalue weighted by molar-refractivity contribution is -0.140. The summed E-state index contributed by atoms with van der Waals surface area (Å²) in [6, 6.07) is 14.8. The van der Waals surface area contributed by atoms with E-state index in [1.54, 1.807) is 24.3 Å². The van der Waals surface area contributed by atoms with Crippen LogP contribution in [0.4, 0.5) is 5.69 Å². The molecule has 0 aliphatic carbocycles. The Hall–Kier alpha value is -2.58. The third kappa shape index (κ3) is 8.05. The first-order chi connectivity index (χ1) is 15.7. The second-order valence-corrected chi connectivity index (χ2v) is 10.2. The van der Waals surface area contributed by atoms with Crippen molar-refractivity contribution in [2.45, 2.75) is 45.7 Å². The lowest BCUT2D eigenvalue weighted by atomic mass is 10.1. The van der Waals surface area contributed by atoms with E-state index < -0.39 is 28.5 Å².